The Hall–Kier alpha value is -3.39. The summed E-state index contributed by atoms with van der Waals surface area (Å²) in [6.07, 6.45) is -1.03. The summed E-state index contributed by atoms with van der Waals surface area (Å²) in [5, 5.41) is 5.62. The predicted molar refractivity (Wildman–Crippen MR) is 120 cm³/mol. The molecule has 0 bridgehead atoms. The largest absolute Gasteiger partial charge is 0.438 e. The van der Waals surface area contributed by atoms with Crippen LogP contribution in [0.4, 0.5) is 10.5 Å². The van der Waals surface area contributed by atoms with E-state index in [2.05, 4.69) is 10.6 Å². The molecule has 2 atom stereocenters. The molecule has 1 fully saturated rings. The topological polar surface area (TPSA) is 97.0 Å². The molecule has 3 amide bonds. The SMILES string of the molecule is CCC(=O)Nc1cccc([C@H]2OC(=O)N(Cc3ccc(C)cc3)[C@H]2C(=O)NCCOC)c1. The van der Waals surface area contributed by atoms with Gasteiger partial charge in [0.05, 0.1) is 13.2 Å². The van der Waals surface area contributed by atoms with Gasteiger partial charge in [-0.25, -0.2) is 4.79 Å². The number of hydrogen-bond acceptors (Lipinski definition) is 5. The zero-order valence-corrected chi connectivity index (χ0v) is 18.6. The lowest BCUT2D eigenvalue weighted by molar-refractivity contribution is -0.126. The van der Waals surface area contributed by atoms with E-state index in [4.69, 9.17) is 9.47 Å². The first-order valence-electron chi connectivity index (χ1n) is 10.6. The quantitative estimate of drug-likeness (QED) is 0.585. The summed E-state index contributed by atoms with van der Waals surface area (Å²) in [4.78, 5) is 39.1. The number of methoxy groups -OCH3 is 1. The van der Waals surface area contributed by atoms with Gasteiger partial charge in [0, 0.05) is 25.8 Å². The van der Waals surface area contributed by atoms with Crippen LogP contribution in [-0.2, 0) is 25.6 Å². The van der Waals surface area contributed by atoms with Gasteiger partial charge in [-0.3, -0.25) is 14.5 Å². The van der Waals surface area contributed by atoms with Gasteiger partial charge in [-0.05, 0) is 30.2 Å². The van der Waals surface area contributed by atoms with Gasteiger partial charge < -0.3 is 20.1 Å². The van der Waals surface area contributed by atoms with Crippen LogP contribution in [0.2, 0.25) is 0 Å². The number of ether oxygens (including phenoxy) is 2. The molecule has 3 rings (SSSR count). The summed E-state index contributed by atoms with van der Waals surface area (Å²) in [6, 6.07) is 13.9. The predicted octanol–water partition coefficient (Wildman–Crippen LogP) is 3.17. The van der Waals surface area contributed by atoms with Crippen LogP contribution in [0.3, 0.4) is 0 Å². The molecule has 1 saturated heterocycles. The van der Waals surface area contributed by atoms with Crippen molar-refractivity contribution in [3.63, 3.8) is 0 Å². The van der Waals surface area contributed by atoms with E-state index in [9.17, 15) is 14.4 Å². The fraction of sp³-hybridized carbons (Fsp3) is 0.375. The standard InChI is InChI=1S/C24H29N3O5/c1-4-20(28)26-19-7-5-6-18(14-19)22-21(23(29)25-12-13-31-3)27(24(30)32-22)15-17-10-8-16(2)9-11-17/h5-11,14,21-22H,4,12-13,15H2,1-3H3,(H,25,29)(H,26,28)/t21-,22-/m1/s1. The smallest absolute Gasteiger partial charge is 0.411 e. The van der Waals surface area contributed by atoms with Crippen molar-refractivity contribution in [2.24, 2.45) is 0 Å². The lowest BCUT2D eigenvalue weighted by Gasteiger charge is -2.24. The first-order chi connectivity index (χ1) is 15.4. The van der Waals surface area contributed by atoms with Gasteiger partial charge in [-0.1, -0.05) is 48.9 Å². The molecule has 1 heterocycles. The highest BCUT2D eigenvalue weighted by molar-refractivity contribution is 5.91. The minimum atomic E-state index is -0.863. The molecule has 170 valence electrons. The van der Waals surface area contributed by atoms with Gasteiger partial charge in [0.1, 0.15) is 0 Å². The van der Waals surface area contributed by atoms with E-state index in [1.807, 2.05) is 31.2 Å². The number of cyclic esters (lactones) is 1. The van der Waals surface area contributed by atoms with Gasteiger partial charge in [0.25, 0.3) is 0 Å². The summed E-state index contributed by atoms with van der Waals surface area (Å²) in [7, 11) is 1.55. The minimum absolute atomic E-state index is 0.125. The van der Waals surface area contributed by atoms with Crippen LogP contribution in [-0.4, -0.2) is 49.1 Å². The summed E-state index contributed by atoms with van der Waals surface area (Å²) in [5.74, 6) is -0.451. The lowest BCUT2D eigenvalue weighted by Crippen LogP contribution is -2.47. The lowest BCUT2D eigenvalue weighted by atomic mass is 10.00. The van der Waals surface area contributed by atoms with Gasteiger partial charge in [-0.2, -0.15) is 0 Å². The molecule has 0 radical (unpaired) electrons. The molecular weight excluding hydrogens is 410 g/mol. The second kappa shape index (κ2) is 10.8. The first-order valence-corrected chi connectivity index (χ1v) is 10.6. The van der Waals surface area contributed by atoms with E-state index in [1.54, 1.807) is 38.3 Å². The Morgan fingerprint density at radius 1 is 1.16 bits per heavy atom. The molecule has 0 spiro atoms. The Labute approximate surface area is 187 Å². The second-order valence-electron chi connectivity index (χ2n) is 7.67. The van der Waals surface area contributed by atoms with Crippen molar-refractivity contribution >= 4 is 23.6 Å². The number of nitrogens with zero attached hydrogens (tertiary/aromatic N) is 1. The van der Waals surface area contributed by atoms with Crippen molar-refractivity contribution in [1.29, 1.82) is 0 Å². The fourth-order valence-corrected chi connectivity index (χ4v) is 3.52. The highest BCUT2D eigenvalue weighted by Gasteiger charge is 2.47. The maximum Gasteiger partial charge on any atom is 0.411 e. The Morgan fingerprint density at radius 3 is 2.59 bits per heavy atom. The van der Waals surface area contributed by atoms with E-state index in [1.165, 1.54) is 4.90 Å². The molecule has 0 saturated carbocycles. The van der Waals surface area contributed by atoms with Crippen molar-refractivity contribution in [1.82, 2.24) is 10.2 Å². The van der Waals surface area contributed by atoms with E-state index < -0.39 is 18.2 Å². The maximum atomic E-state index is 13.1. The number of nitrogens with one attached hydrogen (secondary N) is 2. The molecule has 0 unspecified atom stereocenters. The summed E-state index contributed by atoms with van der Waals surface area (Å²) in [6.45, 7) is 4.66. The Balaban J connectivity index is 1.89. The molecular formula is C24H29N3O5. The molecule has 0 aliphatic carbocycles. The summed E-state index contributed by atoms with van der Waals surface area (Å²) in [5.41, 5.74) is 3.22. The van der Waals surface area contributed by atoms with Gasteiger partial charge in [0.2, 0.25) is 11.8 Å². The fourth-order valence-electron chi connectivity index (χ4n) is 3.52. The average molecular weight is 440 g/mol. The molecule has 2 aromatic carbocycles. The normalized spacial score (nSPS) is 17.7. The zero-order chi connectivity index (χ0) is 23.1. The van der Waals surface area contributed by atoms with Crippen molar-refractivity contribution < 1.29 is 23.9 Å². The van der Waals surface area contributed by atoms with Crippen LogP contribution in [0.25, 0.3) is 0 Å². The number of hydrogen-bond donors (Lipinski definition) is 2. The Bertz CT molecular complexity index is 960. The molecule has 32 heavy (non-hydrogen) atoms. The van der Waals surface area contributed by atoms with E-state index in [0.29, 0.717) is 30.8 Å². The van der Waals surface area contributed by atoms with E-state index in [0.717, 1.165) is 11.1 Å². The van der Waals surface area contributed by atoms with Crippen LogP contribution in [0.1, 0.15) is 36.1 Å². The Morgan fingerprint density at radius 2 is 1.91 bits per heavy atom. The van der Waals surface area contributed by atoms with E-state index >= 15 is 0 Å². The third-order valence-electron chi connectivity index (χ3n) is 5.25. The second-order valence-corrected chi connectivity index (χ2v) is 7.67. The van der Waals surface area contributed by atoms with Crippen molar-refractivity contribution in [3.8, 4) is 0 Å². The van der Waals surface area contributed by atoms with Crippen LogP contribution in [0.5, 0.6) is 0 Å². The number of carbonyl (C=O) groups excluding carboxylic acids is 3. The number of amides is 3. The van der Waals surface area contributed by atoms with Gasteiger partial charge in [-0.15, -0.1) is 0 Å². The van der Waals surface area contributed by atoms with Crippen LogP contribution < -0.4 is 10.6 Å². The van der Waals surface area contributed by atoms with Crippen LogP contribution >= 0.6 is 0 Å². The monoisotopic (exact) mass is 439 g/mol. The molecule has 1 aliphatic rings. The van der Waals surface area contributed by atoms with Crippen molar-refractivity contribution in [2.45, 2.75) is 39.0 Å². The number of anilines is 1. The third-order valence-corrected chi connectivity index (χ3v) is 5.25. The summed E-state index contributed by atoms with van der Waals surface area (Å²) >= 11 is 0. The number of rotatable bonds is 9. The third kappa shape index (κ3) is 5.64. The molecule has 2 aromatic rings. The zero-order valence-electron chi connectivity index (χ0n) is 18.6. The van der Waals surface area contributed by atoms with Gasteiger partial charge >= 0.3 is 6.09 Å². The highest BCUT2D eigenvalue weighted by atomic mass is 16.6. The van der Waals surface area contributed by atoms with Crippen LogP contribution in [0.15, 0.2) is 48.5 Å². The maximum absolute atomic E-state index is 13.1. The Kier molecular flexibility index (Phi) is 7.83. The molecule has 2 N–H and O–H groups in total. The number of carbonyl (C=O) groups is 3. The van der Waals surface area contributed by atoms with Crippen LogP contribution in [0, 0.1) is 6.92 Å². The molecule has 1 aliphatic heterocycles. The van der Waals surface area contributed by atoms with Crippen molar-refractivity contribution in [3.05, 3.63) is 65.2 Å². The molecule has 8 nitrogen and oxygen atoms in total. The number of benzene rings is 2. The first kappa shape index (κ1) is 23.3. The highest BCUT2D eigenvalue weighted by Crippen LogP contribution is 2.35. The molecule has 8 heteroatoms. The average Bonchev–Trinajstić information content (AvgIpc) is 3.11. The number of aryl methyl sites for hydroxylation is 1. The molecule has 0 aromatic heterocycles. The van der Waals surface area contributed by atoms with E-state index in [-0.39, 0.29) is 18.4 Å². The summed E-state index contributed by atoms with van der Waals surface area (Å²) < 4.78 is 10.7. The van der Waals surface area contributed by atoms with Gasteiger partial charge in [0.15, 0.2) is 12.1 Å². The van der Waals surface area contributed by atoms with Crippen molar-refractivity contribution in [2.75, 3.05) is 25.6 Å². The minimum Gasteiger partial charge on any atom is -0.438 e.